The molecule has 0 saturated carbocycles. The third kappa shape index (κ3) is 3.61. The number of benzene rings is 1. The van der Waals surface area contributed by atoms with Gasteiger partial charge in [-0.1, -0.05) is 0 Å². The Balaban J connectivity index is 1.32. The van der Waals surface area contributed by atoms with Crippen LogP contribution >= 0.6 is 22.7 Å². The van der Waals surface area contributed by atoms with E-state index in [4.69, 9.17) is 14.2 Å². The second-order valence-corrected chi connectivity index (χ2v) is 7.12. The Bertz CT molecular complexity index is 948. The lowest BCUT2D eigenvalue weighted by atomic mass is 10.1. The molecule has 4 rings (SSSR count). The number of thiophene rings is 1. The number of thiazole rings is 1. The van der Waals surface area contributed by atoms with Gasteiger partial charge in [0.25, 0.3) is 0 Å². The molecule has 3 heterocycles. The summed E-state index contributed by atoms with van der Waals surface area (Å²) in [6, 6.07) is 6.86. The van der Waals surface area contributed by atoms with Gasteiger partial charge in [0, 0.05) is 21.9 Å². The van der Waals surface area contributed by atoms with Crippen molar-refractivity contribution in [3.8, 4) is 22.1 Å². The van der Waals surface area contributed by atoms with Gasteiger partial charge >= 0.3 is 5.97 Å². The number of aromatic nitrogens is 1. The predicted molar refractivity (Wildman–Crippen MR) is 97.0 cm³/mol. The lowest BCUT2D eigenvalue weighted by Gasteiger charge is -2.04. The van der Waals surface area contributed by atoms with Crippen LogP contribution < -0.4 is 9.47 Å². The second-order valence-electron chi connectivity index (χ2n) is 5.48. The van der Waals surface area contributed by atoms with Gasteiger partial charge < -0.3 is 14.2 Å². The Morgan fingerprint density at radius 1 is 1.15 bits per heavy atom. The molecule has 132 valence electrons. The van der Waals surface area contributed by atoms with Crippen LogP contribution in [0.2, 0.25) is 0 Å². The van der Waals surface area contributed by atoms with Gasteiger partial charge in [-0.2, -0.15) is 11.3 Å². The third-order valence-corrected chi connectivity index (χ3v) is 5.33. The maximum absolute atomic E-state index is 12.2. The molecule has 0 bridgehead atoms. The first-order valence-electron chi connectivity index (χ1n) is 7.74. The number of rotatable bonds is 6. The van der Waals surface area contributed by atoms with Crippen LogP contribution in [0, 0.1) is 0 Å². The second kappa shape index (κ2) is 7.27. The molecule has 1 aliphatic rings. The number of ether oxygens (including phenoxy) is 3. The van der Waals surface area contributed by atoms with E-state index in [0.29, 0.717) is 22.8 Å². The highest BCUT2D eigenvalue weighted by atomic mass is 32.1. The molecule has 3 aromatic rings. The van der Waals surface area contributed by atoms with Crippen LogP contribution in [0.15, 0.2) is 40.4 Å². The summed E-state index contributed by atoms with van der Waals surface area (Å²) in [6.07, 6.45) is 0.0368. The number of carbonyl (C=O) groups excluding carboxylic acids is 2. The van der Waals surface area contributed by atoms with Gasteiger partial charge in [0.15, 0.2) is 23.9 Å². The van der Waals surface area contributed by atoms with Crippen molar-refractivity contribution in [2.75, 3.05) is 13.4 Å². The van der Waals surface area contributed by atoms with Crippen molar-refractivity contribution in [2.45, 2.75) is 6.42 Å². The molecule has 2 aromatic heterocycles. The molecular formula is C18H13NO5S2. The normalized spacial score (nSPS) is 12.2. The van der Waals surface area contributed by atoms with E-state index in [1.807, 2.05) is 22.2 Å². The summed E-state index contributed by atoms with van der Waals surface area (Å²) in [6.45, 7) is -0.178. The molecule has 26 heavy (non-hydrogen) atoms. The molecule has 1 aromatic carbocycles. The lowest BCUT2D eigenvalue weighted by molar-refractivity contribution is -0.141. The zero-order valence-electron chi connectivity index (χ0n) is 13.5. The first kappa shape index (κ1) is 16.7. The molecule has 0 radical (unpaired) electrons. The summed E-state index contributed by atoms with van der Waals surface area (Å²) < 4.78 is 15.5. The molecule has 0 fully saturated rings. The third-order valence-electron chi connectivity index (χ3n) is 3.70. The molecule has 0 unspecified atom stereocenters. The number of ketones is 1. The monoisotopic (exact) mass is 387 g/mol. The molecule has 1 aliphatic heterocycles. The summed E-state index contributed by atoms with van der Waals surface area (Å²) in [5, 5.41) is 6.68. The highest BCUT2D eigenvalue weighted by molar-refractivity contribution is 7.14. The van der Waals surface area contributed by atoms with Crippen LogP contribution in [0.25, 0.3) is 10.6 Å². The SMILES string of the molecule is O=C(Cc1csc(-c2ccsc2)n1)OCC(=O)c1ccc2c(c1)OCO2. The molecule has 0 atom stereocenters. The minimum absolute atomic E-state index is 0.0368. The van der Waals surface area contributed by atoms with Gasteiger partial charge in [-0.3, -0.25) is 9.59 Å². The number of carbonyl (C=O) groups is 2. The summed E-state index contributed by atoms with van der Waals surface area (Å²) in [5.41, 5.74) is 2.09. The largest absolute Gasteiger partial charge is 0.457 e. The summed E-state index contributed by atoms with van der Waals surface area (Å²) >= 11 is 3.07. The fourth-order valence-corrected chi connectivity index (χ4v) is 3.94. The van der Waals surface area contributed by atoms with Crippen LogP contribution in [0.3, 0.4) is 0 Å². The molecule has 0 saturated heterocycles. The van der Waals surface area contributed by atoms with E-state index >= 15 is 0 Å². The molecule has 8 heteroatoms. The summed E-state index contributed by atoms with van der Waals surface area (Å²) in [4.78, 5) is 28.6. The first-order chi connectivity index (χ1) is 12.7. The van der Waals surface area contributed by atoms with Crippen LogP contribution in [-0.4, -0.2) is 30.1 Å². The van der Waals surface area contributed by atoms with E-state index in [-0.39, 0.29) is 25.6 Å². The molecular weight excluding hydrogens is 374 g/mol. The van der Waals surface area contributed by atoms with Crippen molar-refractivity contribution in [2.24, 2.45) is 0 Å². The molecule has 0 amide bonds. The number of hydrogen-bond donors (Lipinski definition) is 0. The topological polar surface area (TPSA) is 74.7 Å². The Morgan fingerprint density at radius 2 is 2.04 bits per heavy atom. The van der Waals surface area contributed by atoms with Crippen LogP contribution in [-0.2, 0) is 16.0 Å². The van der Waals surface area contributed by atoms with Crippen molar-refractivity contribution in [1.82, 2.24) is 4.98 Å². The Morgan fingerprint density at radius 3 is 2.88 bits per heavy atom. The number of Topliss-reactive ketones (excluding diaryl/α,β-unsaturated/α-hetero) is 1. The van der Waals surface area contributed by atoms with Gasteiger partial charge in [-0.15, -0.1) is 11.3 Å². The predicted octanol–water partition coefficient (Wildman–Crippen LogP) is 3.57. The minimum Gasteiger partial charge on any atom is -0.457 e. The van der Waals surface area contributed by atoms with Crippen LogP contribution in [0.1, 0.15) is 16.1 Å². The number of esters is 1. The highest BCUT2D eigenvalue weighted by Gasteiger charge is 2.18. The van der Waals surface area contributed by atoms with Gasteiger partial charge in [-0.25, -0.2) is 4.98 Å². The maximum atomic E-state index is 12.2. The zero-order valence-corrected chi connectivity index (χ0v) is 15.1. The van der Waals surface area contributed by atoms with Crippen molar-refractivity contribution in [3.63, 3.8) is 0 Å². The number of fused-ring (bicyclic) bond motifs is 1. The lowest BCUT2D eigenvalue weighted by Crippen LogP contribution is -2.15. The molecule has 0 N–H and O–H groups in total. The van der Waals surface area contributed by atoms with E-state index in [2.05, 4.69) is 4.98 Å². The van der Waals surface area contributed by atoms with Gasteiger partial charge in [-0.05, 0) is 29.6 Å². The Labute approximate surface area is 157 Å². The highest BCUT2D eigenvalue weighted by Crippen LogP contribution is 2.32. The Kier molecular flexibility index (Phi) is 4.68. The summed E-state index contributed by atoms with van der Waals surface area (Å²) in [7, 11) is 0. The van der Waals surface area contributed by atoms with E-state index in [1.165, 1.54) is 11.3 Å². The standard InChI is InChI=1S/C18H13NO5S2/c20-14(11-1-2-15-16(5-11)24-10-23-15)7-22-17(21)6-13-9-26-18(19-13)12-3-4-25-8-12/h1-5,8-9H,6-7,10H2. The number of nitrogens with zero attached hydrogens (tertiary/aromatic N) is 1. The average molecular weight is 387 g/mol. The molecule has 6 nitrogen and oxygen atoms in total. The van der Waals surface area contributed by atoms with Crippen molar-refractivity contribution < 1.29 is 23.8 Å². The van der Waals surface area contributed by atoms with Crippen LogP contribution in [0.5, 0.6) is 11.5 Å². The maximum Gasteiger partial charge on any atom is 0.312 e. The molecule has 0 spiro atoms. The van der Waals surface area contributed by atoms with E-state index in [1.54, 1.807) is 29.5 Å². The zero-order chi connectivity index (χ0) is 17.9. The average Bonchev–Trinajstić information content (AvgIpc) is 3.38. The van der Waals surface area contributed by atoms with Crippen molar-refractivity contribution in [3.05, 3.63) is 51.7 Å². The van der Waals surface area contributed by atoms with Crippen molar-refractivity contribution >= 4 is 34.4 Å². The fourth-order valence-electron chi connectivity index (χ4n) is 2.41. The summed E-state index contributed by atoms with van der Waals surface area (Å²) in [5.74, 6) is 0.337. The minimum atomic E-state index is -0.485. The van der Waals surface area contributed by atoms with E-state index in [0.717, 1.165) is 10.6 Å². The molecule has 0 aliphatic carbocycles. The quantitative estimate of drug-likeness (QED) is 0.475. The fraction of sp³-hybridized carbons (Fsp3) is 0.167. The van der Waals surface area contributed by atoms with E-state index in [9.17, 15) is 9.59 Å². The van der Waals surface area contributed by atoms with Gasteiger partial charge in [0.1, 0.15) is 5.01 Å². The van der Waals surface area contributed by atoms with Gasteiger partial charge in [0.2, 0.25) is 6.79 Å². The smallest absolute Gasteiger partial charge is 0.312 e. The van der Waals surface area contributed by atoms with Crippen molar-refractivity contribution in [1.29, 1.82) is 0 Å². The number of hydrogen-bond acceptors (Lipinski definition) is 8. The van der Waals surface area contributed by atoms with E-state index < -0.39 is 5.97 Å². The van der Waals surface area contributed by atoms with Gasteiger partial charge in [0.05, 0.1) is 12.1 Å². The Hall–Kier alpha value is -2.71. The van der Waals surface area contributed by atoms with Crippen LogP contribution in [0.4, 0.5) is 0 Å². The first-order valence-corrected chi connectivity index (χ1v) is 9.57.